The lowest BCUT2D eigenvalue weighted by atomic mass is 9.96. The molecule has 0 saturated carbocycles. The first-order chi connectivity index (χ1) is 12.4. The largest absolute Gasteiger partial charge is 0.480 e. The first-order valence-electron chi connectivity index (χ1n) is 9.10. The number of carboxylic acids is 1. The van der Waals surface area contributed by atoms with Crippen molar-refractivity contribution in [2.24, 2.45) is 0 Å². The van der Waals surface area contributed by atoms with Gasteiger partial charge in [0.1, 0.15) is 5.54 Å². The lowest BCUT2D eigenvalue weighted by Gasteiger charge is -2.25. The predicted molar refractivity (Wildman–Crippen MR) is 98.7 cm³/mol. The molecule has 1 heterocycles. The Morgan fingerprint density at radius 2 is 2.04 bits per heavy atom. The molecule has 1 aromatic carbocycles. The monoisotopic (exact) mass is 355 g/mol. The molecule has 6 nitrogen and oxygen atoms in total. The van der Waals surface area contributed by atoms with Crippen LogP contribution in [0.1, 0.15) is 60.4 Å². The van der Waals surface area contributed by atoms with Crippen LogP contribution in [0.25, 0.3) is 5.69 Å². The number of benzene rings is 1. The van der Waals surface area contributed by atoms with E-state index in [1.54, 1.807) is 6.92 Å². The smallest absolute Gasteiger partial charge is 0.329 e. The Bertz CT molecular complexity index is 856. The van der Waals surface area contributed by atoms with Crippen molar-refractivity contribution in [3.05, 3.63) is 46.8 Å². The summed E-state index contributed by atoms with van der Waals surface area (Å²) in [5.74, 6) is -1.43. The highest BCUT2D eigenvalue weighted by Crippen LogP contribution is 2.29. The molecule has 1 unspecified atom stereocenters. The fourth-order valence-corrected chi connectivity index (χ4v) is 3.65. The number of aliphatic carboxylic acids is 1. The zero-order valence-corrected chi connectivity index (χ0v) is 15.5. The van der Waals surface area contributed by atoms with Crippen molar-refractivity contribution in [1.29, 1.82) is 0 Å². The number of fused-ring (bicyclic) bond motifs is 1. The van der Waals surface area contributed by atoms with Crippen LogP contribution in [0.3, 0.4) is 0 Å². The second-order valence-electron chi connectivity index (χ2n) is 7.17. The summed E-state index contributed by atoms with van der Waals surface area (Å²) in [6.07, 6.45) is 3.68. The maximum absolute atomic E-state index is 12.9. The minimum Gasteiger partial charge on any atom is -0.480 e. The van der Waals surface area contributed by atoms with Crippen LogP contribution in [0, 0.1) is 6.92 Å². The molecule has 1 aliphatic rings. The third-order valence-electron chi connectivity index (χ3n) is 5.10. The number of amides is 1. The van der Waals surface area contributed by atoms with E-state index in [9.17, 15) is 14.7 Å². The molecule has 1 atom stereocenters. The van der Waals surface area contributed by atoms with Crippen LogP contribution in [-0.4, -0.2) is 32.3 Å². The van der Waals surface area contributed by atoms with Crippen LogP contribution in [0.15, 0.2) is 24.3 Å². The van der Waals surface area contributed by atoms with Gasteiger partial charge in [-0.15, -0.1) is 0 Å². The Morgan fingerprint density at radius 3 is 2.69 bits per heavy atom. The van der Waals surface area contributed by atoms with Crippen molar-refractivity contribution in [2.75, 3.05) is 0 Å². The summed E-state index contributed by atoms with van der Waals surface area (Å²) < 4.78 is 1.85. The molecule has 0 fully saturated rings. The van der Waals surface area contributed by atoms with Crippen LogP contribution in [-0.2, 0) is 17.6 Å². The van der Waals surface area contributed by atoms with Gasteiger partial charge in [-0.1, -0.05) is 31.5 Å². The van der Waals surface area contributed by atoms with Gasteiger partial charge in [-0.2, -0.15) is 5.10 Å². The second-order valence-corrected chi connectivity index (χ2v) is 7.17. The fraction of sp³-hybridized carbons (Fsp3) is 0.450. The van der Waals surface area contributed by atoms with E-state index in [1.807, 2.05) is 42.8 Å². The maximum Gasteiger partial charge on any atom is 0.329 e. The van der Waals surface area contributed by atoms with Crippen LogP contribution in [0.2, 0.25) is 0 Å². The van der Waals surface area contributed by atoms with E-state index in [-0.39, 0.29) is 0 Å². The Kier molecular flexibility index (Phi) is 4.85. The van der Waals surface area contributed by atoms with Crippen LogP contribution < -0.4 is 5.32 Å². The number of hydrogen-bond donors (Lipinski definition) is 2. The Hall–Kier alpha value is -2.63. The van der Waals surface area contributed by atoms with Gasteiger partial charge in [-0.25, -0.2) is 9.48 Å². The molecule has 1 amide bonds. The highest BCUT2D eigenvalue weighted by atomic mass is 16.4. The van der Waals surface area contributed by atoms with Crippen molar-refractivity contribution < 1.29 is 14.7 Å². The van der Waals surface area contributed by atoms with E-state index in [2.05, 4.69) is 10.4 Å². The average Bonchev–Trinajstić information content (AvgIpc) is 3.18. The van der Waals surface area contributed by atoms with Gasteiger partial charge < -0.3 is 10.4 Å². The third kappa shape index (κ3) is 3.11. The minimum absolute atomic E-state index is 0.351. The third-order valence-corrected chi connectivity index (χ3v) is 5.10. The first kappa shape index (κ1) is 18.2. The average molecular weight is 355 g/mol. The number of nitrogens with one attached hydrogen (secondary N) is 1. The number of carbonyl (C=O) groups excluding carboxylic acids is 1. The zero-order valence-electron chi connectivity index (χ0n) is 15.5. The molecule has 3 rings (SSSR count). The maximum atomic E-state index is 12.9. The van der Waals surface area contributed by atoms with Gasteiger partial charge >= 0.3 is 5.97 Å². The topological polar surface area (TPSA) is 84.2 Å². The summed E-state index contributed by atoms with van der Waals surface area (Å²) in [6.45, 7) is 5.47. The van der Waals surface area contributed by atoms with E-state index in [0.717, 1.165) is 41.8 Å². The van der Waals surface area contributed by atoms with Gasteiger partial charge in [0.2, 0.25) is 0 Å². The fourth-order valence-electron chi connectivity index (χ4n) is 3.65. The molecule has 0 spiro atoms. The number of rotatable bonds is 6. The number of carbonyl (C=O) groups is 2. The zero-order chi connectivity index (χ0) is 18.9. The van der Waals surface area contributed by atoms with Crippen molar-refractivity contribution >= 4 is 11.9 Å². The number of aryl methyl sites for hydroxylation is 1. The van der Waals surface area contributed by atoms with Gasteiger partial charge in [0.05, 0.1) is 5.69 Å². The lowest BCUT2D eigenvalue weighted by molar-refractivity contribution is -0.144. The van der Waals surface area contributed by atoms with Gasteiger partial charge in [0, 0.05) is 11.3 Å². The molecule has 0 bridgehead atoms. The molecular formula is C20H25N3O3. The molecule has 26 heavy (non-hydrogen) atoms. The Labute approximate surface area is 153 Å². The number of para-hydroxylation sites is 1. The van der Waals surface area contributed by atoms with E-state index < -0.39 is 17.4 Å². The van der Waals surface area contributed by atoms with E-state index in [4.69, 9.17) is 0 Å². The summed E-state index contributed by atoms with van der Waals surface area (Å²) >= 11 is 0. The summed E-state index contributed by atoms with van der Waals surface area (Å²) in [4.78, 5) is 24.5. The van der Waals surface area contributed by atoms with Crippen molar-refractivity contribution in [3.63, 3.8) is 0 Å². The standard InChI is InChI=1S/C20H25N3O3/c1-4-12-20(3,19(25)26)21-18(24)17-14-9-7-11-16(14)23(22-17)15-10-6-5-8-13(15)2/h5-6,8,10H,4,7,9,11-12H2,1-3H3,(H,21,24)(H,25,26). The lowest BCUT2D eigenvalue weighted by Crippen LogP contribution is -2.52. The summed E-state index contributed by atoms with van der Waals surface area (Å²) in [5.41, 5.74) is 3.09. The number of hydrogen-bond acceptors (Lipinski definition) is 3. The molecule has 1 aliphatic carbocycles. The van der Waals surface area contributed by atoms with Crippen LogP contribution in [0.4, 0.5) is 0 Å². The van der Waals surface area contributed by atoms with Gasteiger partial charge in [0.15, 0.2) is 5.69 Å². The molecular weight excluding hydrogens is 330 g/mol. The summed E-state index contributed by atoms with van der Waals surface area (Å²) in [7, 11) is 0. The first-order valence-corrected chi connectivity index (χ1v) is 9.10. The molecule has 1 aromatic heterocycles. The minimum atomic E-state index is -1.29. The van der Waals surface area contributed by atoms with Gasteiger partial charge in [0.25, 0.3) is 5.91 Å². The quantitative estimate of drug-likeness (QED) is 0.834. The van der Waals surface area contributed by atoms with Crippen LogP contribution >= 0.6 is 0 Å². The summed E-state index contributed by atoms with van der Waals surface area (Å²) in [5, 5.41) is 16.8. The number of aromatic nitrogens is 2. The Morgan fingerprint density at radius 1 is 1.31 bits per heavy atom. The van der Waals surface area contributed by atoms with Crippen molar-refractivity contribution in [1.82, 2.24) is 15.1 Å². The summed E-state index contributed by atoms with van der Waals surface area (Å²) in [6, 6.07) is 7.93. The van der Waals surface area contributed by atoms with Crippen molar-refractivity contribution in [3.8, 4) is 5.69 Å². The normalized spacial score (nSPS) is 15.3. The number of nitrogens with zero attached hydrogens (tertiary/aromatic N) is 2. The molecule has 138 valence electrons. The van der Waals surface area contributed by atoms with Gasteiger partial charge in [-0.05, 0) is 51.2 Å². The molecule has 0 radical (unpaired) electrons. The highest BCUT2D eigenvalue weighted by Gasteiger charge is 2.36. The molecule has 2 N–H and O–H groups in total. The molecule has 6 heteroatoms. The highest BCUT2D eigenvalue weighted by molar-refractivity contribution is 5.97. The molecule has 0 saturated heterocycles. The van der Waals surface area contributed by atoms with Crippen LogP contribution in [0.5, 0.6) is 0 Å². The van der Waals surface area contributed by atoms with Gasteiger partial charge in [-0.3, -0.25) is 4.79 Å². The second kappa shape index (κ2) is 6.94. The molecule has 2 aromatic rings. The van der Waals surface area contributed by atoms with Crippen molar-refractivity contribution in [2.45, 2.75) is 58.4 Å². The molecule has 0 aliphatic heterocycles. The SMILES string of the molecule is CCCC(C)(NC(=O)c1nn(-c2ccccc2C)c2c1CCC2)C(=O)O. The Balaban J connectivity index is 1.99. The van der Waals surface area contributed by atoms with E-state index in [0.29, 0.717) is 18.5 Å². The van der Waals surface area contributed by atoms with E-state index >= 15 is 0 Å². The van der Waals surface area contributed by atoms with E-state index in [1.165, 1.54) is 0 Å². The number of carboxylic acid groups (broad SMARTS) is 1. The predicted octanol–water partition coefficient (Wildman–Crippen LogP) is 3.04.